The molecular formula is C14H11IN2O2S. The van der Waals surface area contributed by atoms with Crippen LogP contribution in [-0.2, 0) is 10.0 Å². The monoisotopic (exact) mass is 398 g/mol. The maximum absolute atomic E-state index is 12.2. The van der Waals surface area contributed by atoms with Crippen molar-refractivity contribution in [2.75, 3.05) is 4.72 Å². The predicted octanol–water partition coefficient (Wildman–Crippen LogP) is 3.27. The fourth-order valence-corrected chi connectivity index (χ4v) is 3.50. The maximum atomic E-state index is 12.2. The first-order valence-electron chi connectivity index (χ1n) is 5.71. The molecule has 6 heteroatoms. The fourth-order valence-electron chi connectivity index (χ4n) is 1.59. The Balaban J connectivity index is 2.34. The van der Waals surface area contributed by atoms with Gasteiger partial charge in [-0.25, -0.2) is 8.42 Å². The lowest BCUT2D eigenvalue weighted by Crippen LogP contribution is -2.13. The van der Waals surface area contributed by atoms with E-state index in [-0.39, 0.29) is 4.90 Å². The van der Waals surface area contributed by atoms with Gasteiger partial charge in [0.25, 0.3) is 10.0 Å². The molecule has 0 radical (unpaired) electrons. The number of sulfonamides is 1. The number of halogens is 1. The van der Waals surface area contributed by atoms with Gasteiger partial charge in [0.05, 0.1) is 22.2 Å². The molecule has 0 bridgehead atoms. The van der Waals surface area contributed by atoms with Gasteiger partial charge in [-0.2, -0.15) is 5.26 Å². The minimum atomic E-state index is -3.61. The van der Waals surface area contributed by atoms with Gasteiger partial charge in [0.15, 0.2) is 0 Å². The van der Waals surface area contributed by atoms with E-state index in [0.717, 1.165) is 5.56 Å². The van der Waals surface area contributed by atoms with E-state index in [1.54, 1.807) is 42.5 Å². The van der Waals surface area contributed by atoms with Gasteiger partial charge in [-0.05, 0) is 59.8 Å². The maximum Gasteiger partial charge on any atom is 0.261 e. The standard InChI is InChI=1S/C14H11IN2O2S/c1-10-2-5-12(6-3-10)20(18,19)17-14-7-4-11(9-16)8-13(14)15/h2-8,17H,1H3. The molecular weight excluding hydrogens is 387 g/mol. The highest BCUT2D eigenvalue weighted by Gasteiger charge is 2.15. The van der Waals surface area contributed by atoms with E-state index in [1.807, 2.05) is 35.6 Å². The van der Waals surface area contributed by atoms with Gasteiger partial charge in [-0.3, -0.25) is 4.72 Å². The third kappa shape index (κ3) is 3.29. The lowest BCUT2D eigenvalue weighted by molar-refractivity contribution is 0.601. The molecule has 0 aliphatic carbocycles. The van der Waals surface area contributed by atoms with Crippen LogP contribution >= 0.6 is 22.6 Å². The van der Waals surface area contributed by atoms with E-state index < -0.39 is 10.0 Å². The van der Waals surface area contributed by atoms with E-state index in [9.17, 15) is 8.42 Å². The highest BCUT2D eigenvalue weighted by atomic mass is 127. The molecule has 0 aromatic heterocycles. The van der Waals surface area contributed by atoms with Crippen LogP contribution in [0, 0.1) is 21.8 Å². The summed E-state index contributed by atoms with van der Waals surface area (Å²) in [5.41, 5.74) is 1.95. The van der Waals surface area contributed by atoms with Crippen molar-refractivity contribution in [1.82, 2.24) is 0 Å². The number of hydrogen-bond donors (Lipinski definition) is 1. The Labute approximate surface area is 131 Å². The molecule has 0 unspecified atom stereocenters. The summed E-state index contributed by atoms with van der Waals surface area (Å²) in [5, 5.41) is 8.80. The molecule has 1 N–H and O–H groups in total. The molecule has 0 saturated carbocycles. The second kappa shape index (κ2) is 5.81. The molecule has 20 heavy (non-hydrogen) atoms. The van der Waals surface area contributed by atoms with Gasteiger partial charge >= 0.3 is 0 Å². The summed E-state index contributed by atoms with van der Waals surface area (Å²) >= 11 is 2.00. The molecule has 4 nitrogen and oxygen atoms in total. The van der Waals surface area contributed by atoms with Crippen LogP contribution in [0.1, 0.15) is 11.1 Å². The van der Waals surface area contributed by atoms with Crippen molar-refractivity contribution in [3.05, 3.63) is 57.2 Å². The van der Waals surface area contributed by atoms with Crippen LogP contribution in [0.2, 0.25) is 0 Å². The molecule has 0 aliphatic heterocycles. The molecule has 2 aromatic rings. The van der Waals surface area contributed by atoms with Crippen LogP contribution in [-0.4, -0.2) is 8.42 Å². The van der Waals surface area contributed by atoms with Gasteiger partial charge in [-0.1, -0.05) is 17.7 Å². The van der Waals surface area contributed by atoms with Crippen molar-refractivity contribution in [3.63, 3.8) is 0 Å². The number of nitrogens with zero attached hydrogens (tertiary/aromatic N) is 1. The molecule has 102 valence electrons. The van der Waals surface area contributed by atoms with Crippen LogP contribution in [0.4, 0.5) is 5.69 Å². The Kier molecular flexibility index (Phi) is 4.30. The normalized spacial score (nSPS) is 10.8. The SMILES string of the molecule is Cc1ccc(S(=O)(=O)Nc2ccc(C#N)cc2I)cc1. The zero-order valence-corrected chi connectivity index (χ0v) is 13.6. The molecule has 0 aliphatic rings. The van der Waals surface area contributed by atoms with Crippen molar-refractivity contribution in [1.29, 1.82) is 5.26 Å². The van der Waals surface area contributed by atoms with E-state index in [0.29, 0.717) is 14.8 Å². The summed E-state index contributed by atoms with van der Waals surface area (Å²) in [6.45, 7) is 1.90. The van der Waals surface area contributed by atoms with Gasteiger partial charge in [0, 0.05) is 3.57 Å². The Morgan fingerprint density at radius 2 is 1.80 bits per heavy atom. The van der Waals surface area contributed by atoms with Gasteiger partial charge < -0.3 is 0 Å². The first kappa shape index (κ1) is 14.8. The summed E-state index contributed by atoms with van der Waals surface area (Å²) < 4.78 is 27.7. The minimum Gasteiger partial charge on any atom is -0.279 e. The molecule has 0 amide bonds. The number of nitrogens with one attached hydrogen (secondary N) is 1. The first-order chi connectivity index (χ1) is 9.42. The van der Waals surface area contributed by atoms with Crippen LogP contribution in [0.3, 0.4) is 0 Å². The fraction of sp³-hybridized carbons (Fsp3) is 0.0714. The summed E-state index contributed by atoms with van der Waals surface area (Å²) in [5.74, 6) is 0. The molecule has 2 aromatic carbocycles. The lowest BCUT2D eigenvalue weighted by atomic mass is 10.2. The minimum absolute atomic E-state index is 0.211. The number of aryl methyl sites for hydroxylation is 1. The number of hydrogen-bond acceptors (Lipinski definition) is 3. The van der Waals surface area contributed by atoms with Gasteiger partial charge in [0.1, 0.15) is 0 Å². The van der Waals surface area contributed by atoms with Crippen molar-refractivity contribution >= 4 is 38.3 Å². The third-order valence-electron chi connectivity index (χ3n) is 2.67. The topological polar surface area (TPSA) is 70.0 Å². The van der Waals surface area contributed by atoms with Crippen LogP contribution in [0.25, 0.3) is 0 Å². The average Bonchev–Trinajstić information content (AvgIpc) is 2.41. The quantitative estimate of drug-likeness (QED) is 0.807. The largest absolute Gasteiger partial charge is 0.279 e. The number of benzene rings is 2. The highest BCUT2D eigenvalue weighted by molar-refractivity contribution is 14.1. The van der Waals surface area contributed by atoms with Crippen molar-refractivity contribution in [2.45, 2.75) is 11.8 Å². The second-order valence-corrected chi connectivity index (χ2v) is 7.07. The van der Waals surface area contributed by atoms with E-state index in [4.69, 9.17) is 5.26 Å². The van der Waals surface area contributed by atoms with E-state index in [1.165, 1.54) is 0 Å². The molecule has 0 atom stereocenters. The van der Waals surface area contributed by atoms with Gasteiger partial charge in [-0.15, -0.1) is 0 Å². The van der Waals surface area contributed by atoms with Crippen LogP contribution in [0.15, 0.2) is 47.4 Å². The Morgan fingerprint density at radius 1 is 1.15 bits per heavy atom. The van der Waals surface area contributed by atoms with Crippen molar-refractivity contribution < 1.29 is 8.42 Å². The molecule has 0 fully saturated rings. The summed E-state index contributed by atoms with van der Waals surface area (Å²) in [4.78, 5) is 0.211. The smallest absolute Gasteiger partial charge is 0.261 e. The molecule has 0 saturated heterocycles. The average molecular weight is 398 g/mol. The van der Waals surface area contributed by atoms with Crippen LogP contribution in [0.5, 0.6) is 0 Å². The first-order valence-corrected chi connectivity index (χ1v) is 8.28. The molecule has 2 rings (SSSR count). The number of nitriles is 1. The number of rotatable bonds is 3. The van der Waals surface area contributed by atoms with E-state index in [2.05, 4.69) is 4.72 Å². The van der Waals surface area contributed by atoms with Crippen molar-refractivity contribution in [3.8, 4) is 6.07 Å². The van der Waals surface area contributed by atoms with Crippen molar-refractivity contribution in [2.24, 2.45) is 0 Å². The zero-order chi connectivity index (χ0) is 14.8. The molecule has 0 spiro atoms. The van der Waals surface area contributed by atoms with E-state index >= 15 is 0 Å². The summed E-state index contributed by atoms with van der Waals surface area (Å²) in [6.07, 6.45) is 0. The Bertz CT molecular complexity index is 778. The zero-order valence-electron chi connectivity index (χ0n) is 10.6. The third-order valence-corrected chi connectivity index (χ3v) is 4.95. The second-order valence-electron chi connectivity index (χ2n) is 4.22. The molecule has 0 heterocycles. The lowest BCUT2D eigenvalue weighted by Gasteiger charge is -2.10. The summed E-state index contributed by atoms with van der Waals surface area (Å²) in [7, 11) is -3.61. The Morgan fingerprint density at radius 3 is 2.35 bits per heavy atom. The summed E-state index contributed by atoms with van der Waals surface area (Å²) in [6, 6.07) is 13.4. The number of anilines is 1. The predicted molar refractivity (Wildman–Crippen MR) is 85.9 cm³/mol. The Hall–Kier alpha value is -1.59. The van der Waals surface area contributed by atoms with Crippen LogP contribution < -0.4 is 4.72 Å². The van der Waals surface area contributed by atoms with Gasteiger partial charge in [0.2, 0.25) is 0 Å². The highest BCUT2D eigenvalue weighted by Crippen LogP contribution is 2.23.